The summed E-state index contributed by atoms with van der Waals surface area (Å²) in [7, 11) is 0. The maximum absolute atomic E-state index is 13.2. The number of likely N-dealkylation sites (tertiary alicyclic amines) is 1. The van der Waals surface area contributed by atoms with Gasteiger partial charge in [-0.1, -0.05) is 13.8 Å². The number of Topliss-reactive ketones (excluding diaryl/α,β-unsaturated/α-hetero) is 1. The lowest BCUT2D eigenvalue weighted by Crippen LogP contribution is -2.52. The number of nitrogens with zero attached hydrogens (tertiary/aromatic N) is 1. The summed E-state index contributed by atoms with van der Waals surface area (Å²) < 4.78 is 41.0. The highest BCUT2D eigenvalue weighted by Gasteiger charge is 2.55. The summed E-state index contributed by atoms with van der Waals surface area (Å²) in [5.74, 6) is -3.15. The fraction of sp³-hybridized carbons (Fsp3) is 0.818. The van der Waals surface area contributed by atoms with E-state index in [0.29, 0.717) is 25.9 Å². The van der Waals surface area contributed by atoms with E-state index in [1.54, 1.807) is 13.8 Å². The Kier molecular flexibility index (Phi) is 7.91. The minimum absolute atomic E-state index is 0.151. The van der Waals surface area contributed by atoms with Crippen LogP contribution in [0.5, 0.6) is 0 Å². The van der Waals surface area contributed by atoms with Gasteiger partial charge in [0.05, 0.1) is 18.6 Å². The number of halogens is 3. The molecule has 1 spiro atoms. The molecule has 1 saturated carbocycles. The Balaban J connectivity index is 1.71. The van der Waals surface area contributed by atoms with E-state index >= 15 is 0 Å². The van der Waals surface area contributed by atoms with Crippen molar-refractivity contribution in [3.63, 3.8) is 0 Å². The average Bonchev–Trinajstić information content (AvgIpc) is 3.20. The summed E-state index contributed by atoms with van der Waals surface area (Å²) in [4.78, 5) is 51.9. The molecule has 3 aliphatic rings. The Bertz CT molecular complexity index is 814. The molecule has 3 rings (SSSR count). The Morgan fingerprint density at radius 2 is 1.97 bits per heavy atom. The lowest BCUT2D eigenvalue weighted by molar-refractivity contribution is -0.321. The van der Waals surface area contributed by atoms with E-state index in [2.05, 4.69) is 15.4 Å². The van der Waals surface area contributed by atoms with Gasteiger partial charge in [-0.15, -0.1) is 13.2 Å². The Morgan fingerprint density at radius 1 is 1.29 bits per heavy atom. The minimum atomic E-state index is -5.01. The van der Waals surface area contributed by atoms with Crippen molar-refractivity contribution in [2.24, 2.45) is 17.3 Å². The summed E-state index contributed by atoms with van der Waals surface area (Å²) >= 11 is 0. The zero-order chi connectivity index (χ0) is 25.3. The van der Waals surface area contributed by atoms with Crippen molar-refractivity contribution in [2.75, 3.05) is 19.7 Å². The number of amides is 3. The van der Waals surface area contributed by atoms with Crippen LogP contribution in [0.3, 0.4) is 0 Å². The highest BCUT2D eigenvalue weighted by molar-refractivity contribution is 5.94. The van der Waals surface area contributed by atoms with E-state index in [4.69, 9.17) is 0 Å². The van der Waals surface area contributed by atoms with Gasteiger partial charge in [0.15, 0.2) is 5.78 Å². The number of rotatable bonds is 10. The third kappa shape index (κ3) is 6.68. The SMILES string of the molecule is CC(C)[C@H](O)CC(=O)N1CC2(CC2)C[C@H]1C(=O)N[C@@H](C[C@@H]1CCNC1=O)C(=O)COC(F)(F)F. The second-order valence-electron chi connectivity index (χ2n) is 10.0. The zero-order valence-electron chi connectivity index (χ0n) is 19.3. The quantitative estimate of drug-likeness (QED) is 0.417. The first-order valence-electron chi connectivity index (χ1n) is 11.6. The standard InChI is InChI=1S/C22H32F3N3O6/c1-12(2)16(29)8-18(31)28-11-21(4-5-21)9-15(28)20(33)27-14(7-13-3-6-26-19(13)32)17(30)10-34-22(23,24)25/h12-16,29H,3-11H2,1-2H3,(H,26,32)(H,27,33)/t13-,14-,15-,16+/m0/s1. The molecular weight excluding hydrogens is 459 g/mol. The van der Waals surface area contributed by atoms with E-state index in [0.717, 1.165) is 12.8 Å². The lowest BCUT2D eigenvalue weighted by Gasteiger charge is -2.28. The van der Waals surface area contributed by atoms with Crippen LogP contribution in [0, 0.1) is 17.3 Å². The topological polar surface area (TPSA) is 125 Å². The van der Waals surface area contributed by atoms with Gasteiger partial charge in [0, 0.05) is 19.0 Å². The number of aliphatic hydroxyl groups excluding tert-OH is 1. The van der Waals surface area contributed by atoms with Gasteiger partial charge in [0.2, 0.25) is 17.7 Å². The maximum Gasteiger partial charge on any atom is 0.522 e. The van der Waals surface area contributed by atoms with E-state index in [-0.39, 0.29) is 36.0 Å². The summed E-state index contributed by atoms with van der Waals surface area (Å²) in [6.07, 6.45) is -3.73. The molecule has 0 aromatic heterocycles. The molecule has 3 N–H and O–H groups in total. The number of alkyl halides is 3. The van der Waals surface area contributed by atoms with Crippen molar-refractivity contribution in [3.05, 3.63) is 0 Å². The number of nitrogens with one attached hydrogen (secondary N) is 2. The normalized spacial score (nSPS) is 25.4. The predicted octanol–water partition coefficient (Wildman–Crippen LogP) is 0.891. The maximum atomic E-state index is 13.2. The molecule has 12 heteroatoms. The first-order valence-corrected chi connectivity index (χ1v) is 11.6. The molecule has 9 nitrogen and oxygen atoms in total. The lowest BCUT2D eigenvalue weighted by atomic mass is 9.95. The second-order valence-corrected chi connectivity index (χ2v) is 10.0. The first kappa shape index (κ1) is 26.4. The molecule has 1 aliphatic carbocycles. The van der Waals surface area contributed by atoms with Crippen LogP contribution in [0.4, 0.5) is 13.2 Å². The van der Waals surface area contributed by atoms with Crippen molar-refractivity contribution < 1.29 is 42.2 Å². The molecule has 0 aromatic carbocycles. The van der Waals surface area contributed by atoms with Crippen LogP contribution in [0.25, 0.3) is 0 Å². The number of carbonyl (C=O) groups is 4. The Hall–Kier alpha value is -2.21. The zero-order valence-corrected chi connectivity index (χ0v) is 19.3. The van der Waals surface area contributed by atoms with Crippen molar-refractivity contribution in [1.82, 2.24) is 15.5 Å². The van der Waals surface area contributed by atoms with Crippen LogP contribution in [0.15, 0.2) is 0 Å². The molecular formula is C22H32F3N3O6. The van der Waals surface area contributed by atoms with Gasteiger partial charge in [-0.2, -0.15) is 0 Å². The monoisotopic (exact) mass is 491 g/mol. The number of aliphatic hydroxyl groups is 1. The van der Waals surface area contributed by atoms with Crippen LogP contribution >= 0.6 is 0 Å². The van der Waals surface area contributed by atoms with Crippen LogP contribution in [0.2, 0.25) is 0 Å². The van der Waals surface area contributed by atoms with Crippen LogP contribution in [-0.4, -0.2) is 77.8 Å². The summed E-state index contributed by atoms with van der Waals surface area (Å²) in [6, 6.07) is -2.26. The molecule has 3 fully saturated rings. The van der Waals surface area contributed by atoms with Crippen molar-refractivity contribution in [3.8, 4) is 0 Å². The van der Waals surface area contributed by atoms with Crippen LogP contribution in [-0.2, 0) is 23.9 Å². The summed E-state index contributed by atoms with van der Waals surface area (Å²) in [6.45, 7) is 2.99. The molecule has 2 aliphatic heterocycles. The molecule has 34 heavy (non-hydrogen) atoms. The fourth-order valence-corrected chi connectivity index (χ4v) is 4.57. The molecule has 2 heterocycles. The van der Waals surface area contributed by atoms with Gasteiger partial charge in [0.1, 0.15) is 12.6 Å². The van der Waals surface area contributed by atoms with E-state index in [1.807, 2.05) is 0 Å². The average molecular weight is 492 g/mol. The molecule has 0 aromatic rings. The molecule has 192 valence electrons. The number of carbonyl (C=O) groups excluding carboxylic acids is 4. The highest BCUT2D eigenvalue weighted by atomic mass is 19.4. The largest absolute Gasteiger partial charge is 0.522 e. The third-order valence-corrected chi connectivity index (χ3v) is 7.01. The van der Waals surface area contributed by atoms with E-state index < -0.39 is 48.8 Å². The van der Waals surface area contributed by atoms with E-state index in [9.17, 15) is 37.5 Å². The molecule has 0 unspecified atom stereocenters. The highest BCUT2D eigenvalue weighted by Crippen LogP contribution is 2.55. The van der Waals surface area contributed by atoms with Crippen LogP contribution in [0.1, 0.15) is 52.4 Å². The Labute approximate surface area is 195 Å². The third-order valence-electron chi connectivity index (χ3n) is 7.01. The molecule has 0 radical (unpaired) electrons. The smallest absolute Gasteiger partial charge is 0.392 e. The molecule has 3 amide bonds. The molecule has 0 bridgehead atoms. The fourth-order valence-electron chi connectivity index (χ4n) is 4.57. The van der Waals surface area contributed by atoms with Crippen LogP contribution < -0.4 is 10.6 Å². The number of hydrogen-bond acceptors (Lipinski definition) is 6. The molecule has 2 saturated heterocycles. The summed E-state index contributed by atoms with van der Waals surface area (Å²) in [5.41, 5.74) is -0.176. The summed E-state index contributed by atoms with van der Waals surface area (Å²) in [5, 5.41) is 15.2. The van der Waals surface area contributed by atoms with Crippen molar-refractivity contribution in [1.29, 1.82) is 0 Å². The van der Waals surface area contributed by atoms with Crippen molar-refractivity contribution >= 4 is 23.5 Å². The van der Waals surface area contributed by atoms with Gasteiger partial charge >= 0.3 is 6.36 Å². The number of ether oxygens (including phenoxy) is 1. The first-order chi connectivity index (χ1) is 15.8. The van der Waals surface area contributed by atoms with Gasteiger partial charge in [-0.3, -0.25) is 23.9 Å². The van der Waals surface area contributed by atoms with Gasteiger partial charge in [-0.05, 0) is 43.4 Å². The van der Waals surface area contributed by atoms with Gasteiger partial charge in [0.25, 0.3) is 0 Å². The van der Waals surface area contributed by atoms with Gasteiger partial charge < -0.3 is 20.6 Å². The second kappa shape index (κ2) is 10.2. The number of hydrogen-bond donors (Lipinski definition) is 3. The van der Waals surface area contributed by atoms with E-state index in [1.165, 1.54) is 4.90 Å². The molecule has 4 atom stereocenters. The Morgan fingerprint density at radius 3 is 2.50 bits per heavy atom. The minimum Gasteiger partial charge on any atom is -0.392 e. The number of ketones is 1. The van der Waals surface area contributed by atoms with Crippen molar-refractivity contribution in [2.45, 2.75) is 76.9 Å². The van der Waals surface area contributed by atoms with Gasteiger partial charge in [-0.25, -0.2) is 0 Å². The predicted molar refractivity (Wildman–Crippen MR) is 112 cm³/mol.